The van der Waals surface area contributed by atoms with Crippen molar-refractivity contribution in [3.8, 4) is 0 Å². The van der Waals surface area contributed by atoms with Crippen molar-refractivity contribution in [2.45, 2.75) is 20.4 Å². The number of carbonyl (C=O) groups excluding carboxylic acids is 1. The van der Waals surface area contributed by atoms with E-state index >= 15 is 0 Å². The molecule has 0 atom stereocenters. The molecule has 0 fully saturated rings. The van der Waals surface area contributed by atoms with Crippen molar-refractivity contribution in [3.05, 3.63) is 33.7 Å². The first-order valence-corrected chi connectivity index (χ1v) is 4.36. The molecular formula is C10H11NO4. The van der Waals surface area contributed by atoms with Crippen molar-refractivity contribution < 1.29 is 14.7 Å². The monoisotopic (exact) mass is 209 g/mol. The highest BCUT2D eigenvalue weighted by Gasteiger charge is 2.11. The SMILES string of the molecule is CC(=O)c1ccc(C)n(CC(=O)O)c1=O. The van der Waals surface area contributed by atoms with Gasteiger partial charge in [-0.25, -0.2) is 0 Å². The molecule has 1 aromatic heterocycles. The van der Waals surface area contributed by atoms with Crippen LogP contribution in [0, 0.1) is 6.92 Å². The summed E-state index contributed by atoms with van der Waals surface area (Å²) >= 11 is 0. The summed E-state index contributed by atoms with van der Waals surface area (Å²) < 4.78 is 1.07. The van der Waals surface area contributed by atoms with Gasteiger partial charge in [-0.2, -0.15) is 0 Å². The van der Waals surface area contributed by atoms with E-state index in [1.807, 2.05) is 0 Å². The summed E-state index contributed by atoms with van der Waals surface area (Å²) in [6.07, 6.45) is 0. The van der Waals surface area contributed by atoms with Crippen LogP contribution >= 0.6 is 0 Å². The third kappa shape index (κ3) is 2.31. The molecule has 0 unspecified atom stereocenters. The van der Waals surface area contributed by atoms with Gasteiger partial charge in [-0.05, 0) is 26.0 Å². The highest BCUT2D eigenvalue weighted by molar-refractivity contribution is 5.93. The van der Waals surface area contributed by atoms with Gasteiger partial charge in [0, 0.05) is 5.69 Å². The molecule has 0 spiro atoms. The number of pyridine rings is 1. The summed E-state index contributed by atoms with van der Waals surface area (Å²) in [5, 5.41) is 8.60. The summed E-state index contributed by atoms with van der Waals surface area (Å²) in [7, 11) is 0. The number of aliphatic carboxylic acids is 1. The Hall–Kier alpha value is -1.91. The van der Waals surface area contributed by atoms with E-state index in [0.717, 1.165) is 4.57 Å². The summed E-state index contributed by atoms with van der Waals surface area (Å²) in [5.74, 6) is -1.47. The topological polar surface area (TPSA) is 76.4 Å². The Morgan fingerprint density at radius 3 is 2.47 bits per heavy atom. The molecule has 0 radical (unpaired) electrons. The quantitative estimate of drug-likeness (QED) is 0.733. The molecule has 5 heteroatoms. The second-order valence-electron chi connectivity index (χ2n) is 3.23. The summed E-state index contributed by atoms with van der Waals surface area (Å²) in [5.41, 5.74) is -0.0147. The van der Waals surface area contributed by atoms with Crippen LogP contribution in [0.4, 0.5) is 0 Å². The molecule has 5 nitrogen and oxygen atoms in total. The third-order valence-electron chi connectivity index (χ3n) is 2.07. The first-order chi connectivity index (χ1) is 6.93. The van der Waals surface area contributed by atoms with E-state index in [1.165, 1.54) is 13.0 Å². The Morgan fingerprint density at radius 2 is 2.00 bits per heavy atom. The fourth-order valence-electron chi connectivity index (χ4n) is 1.27. The molecule has 1 N–H and O–H groups in total. The molecule has 0 aliphatic carbocycles. The van der Waals surface area contributed by atoms with E-state index in [2.05, 4.69) is 0 Å². The molecule has 0 saturated heterocycles. The Kier molecular flexibility index (Phi) is 3.04. The van der Waals surface area contributed by atoms with E-state index in [9.17, 15) is 14.4 Å². The average molecular weight is 209 g/mol. The molecule has 1 heterocycles. The zero-order valence-electron chi connectivity index (χ0n) is 8.48. The molecular weight excluding hydrogens is 198 g/mol. The average Bonchev–Trinajstić information content (AvgIpc) is 2.11. The number of hydrogen-bond donors (Lipinski definition) is 1. The minimum atomic E-state index is -1.11. The van der Waals surface area contributed by atoms with Gasteiger partial charge in [0.1, 0.15) is 6.54 Å². The Morgan fingerprint density at radius 1 is 1.40 bits per heavy atom. The number of rotatable bonds is 3. The van der Waals surface area contributed by atoms with Gasteiger partial charge in [-0.3, -0.25) is 14.4 Å². The van der Waals surface area contributed by atoms with Crippen molar-refractivity contribution in [1.82, 2.24) is 4.57 Å². The number of aromatic nitrogens is 1. The lowest BCUT2D eigenvalue weighted by Gasteiger charge is -2.07. The summed E-state index contributed by atoms with van der Waals surface area (Å²) in [6.45, 7) is 2.47. The molecule has 0 aliphatic heterocycles. The molecule has 0 aromatic carbocycles. The van der Waals surface area contributed by atoms with E-state index < -0.39 is 18.1 Å². The van der Waals surface area contributed by atoms with Crippen LogP contribution in [-0.4, -0.2) is 21.4 Å². The van der Waals surface area contributed by atoms with Gasteiger partial charge < -0.3 is 9.67 Å². The maximum atomic E-state index is 11.6. The highest BCUT2D eigenvalue weighted by atomic mass is 16.4. The van der Waals surface area contributed by atoms with Crippen LogP contribution in [0.1, 0.15) is 23.0 Å². The lowest BCUT2D eigenvalue weighted by Crippen LogP contribution is -2.29. The van der Waals surface area contributed by atoms with Crippen LogP contribution in [0.15, 0.2) is 16.9 Å². The molecule has 0 saturated carbocycles. The van der Waals surface area contributed by atoms with Crippen LogP contribution < -0.4 is 5.56 Å². The summed E-state index contributed by atoms with van der Waals surface area (Å²) in [6, 6.07) is 2.97. The predicted octanol–water partition coefficient (Wildman–Crippen LogP) is 0.444. The van der Waals surface area contributed by atoms with Crippen LogP contribution in [-0.2, 0) is 11.3 Å². The largest absolute Gasteiger partial charge is 0.480 e. The number of aryl methyl sites for hydroxylation is 1. The fraction of sp³-hybridized carbons (Fsp3) is 0.300. The number of carboxylic acids is 1. The van der Waals surface area contributed by atoms with Crippen molar-refractivity contribution in [1.29, 1.82) is 0 Å². The van der Waals surface area contributed by atoms with Crippen molar-refractivity contribution in [3.63, 3.8) is 0 Å². The van der Waals surface area contributed by atoms with E-state index in [4.69, 9.17) is 5.11 Å². The van der Waals surface area contributed by atoms with Gasteiger partial charge in [0.25, 0.3) is 5.56 Å². The minimum Gasteiger partial charge on any atom is -0.480 e. The van der Waals surface area contributed by atoms with Crippen molar-refractivity contribution >= 4 is 11.8 Å². The van der Waals surface area contributed by atoms with E-state index in [0.29, 0.717) is 5.69 Å². The lowest BCUT2D eigenvalue weighted by atomic mass is 10.2. The van der Waals surface area contributed by atoms with E-state index in [-0.39, 0.29) is 11.3 Å². The van der Waals surface area contributed by atoms with Gasteiger partial charge in [-0.1, -0.05) is 0 Å². The minimum absolute atomic E-state index is 0.0156. The maximum Gasteiger partial charge on any atom is 0.323 e. The number of ketones is 1. The van der Waals surface area contributed by atoms with Gasteiger partial charge in [0.2, 0.25) is 0 Å². The van der Waals surface area contributed by atoms with E-state index in [1.54, 1.807) is 13.0 Å². The van der Waals surface area contributed by atoms with Crippen LogP contribution in [0.2, 0.25) is 0 Å². The predicted molar refractivity (Wildman–Crippen MR) is 53.1 cm³/mol. The molecule has 0 bridgehead atoms. The van der Waals surface area contributed by atoms with Crippen LogP contribution in [0.3, 0.4) is 0 Å². The van der Waals surface area contributed by atoms with Gasteiger partial charge >= 0.3 is 5.97 Å². The first-order valence-electron chi connectivity index (χ1n) is 4.36. The zero-order chi connectivity index (χ0) is 11.6. The van der Waals surface area contributed by atoms with Gasteiger partial charge in [-0.15, -0.1) is 0 Å². The van der Waals surface area contributed by atoms with Crippen molar-refractivity contribution in [2.75, 3.05) is 0 Å². The molecule has 15 heavy (non-hydrogen) atoms. The lowest BCUT2D eigenvalue weighted by molar-refractivity contribution is -0.137. The van der Waals surface area contributed by atoms with Crippen LogP contribution in [0.25, 0.3) is 0 Å². The normalized spacial score (nSPS) is 10.0. The number of carbonyl (C=O) groups is 2. The summed E-state index contributed by atoms with van der Waals surface area (Å²) in [4.78, 5) is 33.2. The van der Waals surface area contributed by atoms with Crippen LogP contribution in [0.5, 0.6) is 0 Å². The fourth-order valence-corrected chi connectivity index (χ4v) is 1.27. The Bertz CT molecular complexity index is 473. The Balaban J connectivity index is 3.37. The second-order valence-corrected chi connectivity index (χ2v) is 3.23. The van der Waals surface area contributed by atoms with Gasteiger partial charge in [0.15, 0.2) is 5.78 Å². The molecule has 0 amide bonds. The van der Waals surface area contributed by atoms with Gasteiger partial charge in [0.05, 0.1) is 5.56 Å². The molecule has 0 aliphatic rings. The van der Waals surface area contributed by atoms with Crippen molar-refractivity contribution in [2.24, 2.45) is 0 Å². The Labute approximate surface area is 86.0 Å². The standard InChI is InChI=1S/C10H11NO4/c1-6-3-4-8(7(2)12)10(15)11(6)5-9(13)14/h3-4H,5H2,1-2H3,(H,13,14). The number of hydrogen-bond acceptors (Lipinski definition) is 3. The number of carboxylic acid groups (broad SMARTS) is 1. The highest BCUT2D eigenvalue weighted by Crippen LogP contribution is 1.99. The number of nitrogens with zero attached hydrogens (tertiary/aromatic N) is 1. The second kappa shape index (κ2) is 4.08. The third-order valence-corrected chi connectivity index (χ3v) is 2.07. The zero-order valence-corrected chi connectivity index (χ0v) is 8.48. The number of Topliss-reactive ketones (excluding diaryl/α,β-unsaturated/α-hetero) is 1. The molecule has 1 aromatic rings. The smallest absolute Gasteiger partial charge is 0.323 e. The molecule has 1 rings (SSSR count). The molecule has 80 valence electrons. The first kappa shape index (κ1) is 11.2. The maximum absolute atomic E-state index is 11.6.